The maximum atomic E-state index is 13.7. The molecule has 0 saturated heterocycles. The Morgan fingerprint density at radius 2 is 1.95 bits per heavy atom. The normalized spacial score (nSPS) is 15.4. The first-order valence-electron chi connectivity index (χ1n) is 6.55. The molecule has 0 aliphatic heterocycles. The minimum atomic E-state index is -0.522. The summed E-state index contributed by atoms with van der Waals surface area (Å²) < 4.78 is 19.1. The van der Waals surface area contributed by atoms with E-state index in [0.717, 1.165) is 6.42 Å². The summed E-state index contributed by atoms with van der Waals surface area (Å²) in [4.78, 5) is 11.4. The van der Waals surface area contributed by atoms with Crippen molar-refractivity contribution >= 4 is 17.6 Å². The molecule has 0 aromatic heterocycles. The smallest absolute Gasteiger partial charge is 0.306 e. The summed E-state index contributed by atoms with van der Waals surface area (Å²) >= 11 is 5.71. The molecule has 0 saturated carbocycles. The van der Waals surface area contributed by atoms with Crippen LogP contribution in [0.15, 0.2) is 34.7 Å². The molecule has 0 heterocycles. The van der Waals surface area contributed by atoms with Crippen molar-refractivity contribution in [3.05, 3.63) is 34.7 Å². The Hall–Kier alpha value is -1.09. The van der Waals surface area contributed by atoms with Crippen LogP contribution in [0.4, 0.5) is 4.39 Å². The molecule has 0 bridgehead atoms. The quantitative estimate of drug-likeness (QED) is 0.484. The monoisotopic (exact) mass is 288 g/mol. The van der Waals surface area contributed by atoms with Crippen LogP contribution in [0.3, 0.4) is 0 Å². The van der Waals surface area contributed by atoms with Gasteiger partial charge in [-0.2, -0.15) is 0 Å². The van der Waals surface area contributed by atoms with E-state index >= 15 is 0 Å². The van der Waals surface area contributed by atoms with Crippen molar-refractivity contribution in [2.45, 2.75) is 53.1 Å². The third-order valence-electron chi connectivity index (χ3n) is 2.59. The van der Waals surface area contributed by atoms with E-state index < -0.39 is 11.9 Å². The Morgan fingerprint density at radius 1 is 1.32 bits per heavy atom. The lowest BCUT2D eigenvalue weighted by Gasteiger charge is -2.18. The number of allylic oxidation sites excluding steroid dienone is 4. The number of hydrogen-bond acceptors (Lipinski definition) is 2. The van der Waals surface area contributed by atoms with Crippen molar-refractivity contribution in [3.63, 3.8) is 0 Å². The molecular weight excluding hydrogens is 267 g/mol. The highest BCUT2D eigenvalue weighted by molar-refractivity contribution is 6.31. The lowest BCUT2D eigenvalue weighted by molar-refractivity contribution is -0.147. The summed E-state index contributed by atoms with van der Waals surface area (Å²) in [5.74, 6) is -0.811. The van der Waals surface area contributed by atoms with Gasteiger partial charge < -0.3 is 4.74 Å². The van der Waals surface area contributed by atoms with Crippen LogP contribution in [-0.4, -0.2) is 12.1 Å². The average Bonchev–Trinajstić information content (AvgIpc) is 2.42. The van der Waals surface area contributed by atoms with Gasteiger partial charge in [0, 0.05) is 6.42 Å². The Kier molecular flexibility index (Phi) is 9.23. The average molecular weight is 289 g/mol. The van der Waals surface area contributed by atoms with Crippen molar-refractivity contribution in [1.29, 1.82) is 0 Å². The van der Waals surface area contributed by atoms with E-state index in [9.17, 15) is 9.18 Å². The molecule has 0 aromatic carbocycles. The lowest BCUT2D eigenvalue weighted by atomic mass is 10.0. The van der Waals surface area contributed by atoms with E-state index in [1.54, 1.807) is 26.8 Å². The number of hydrogen-bond donors (Lipinski definition) is 0. The molecule has 0 radical (unpaired) electrons. The molecule has 1 unspecified atom stereocenters. The Morgan fingerprint density at radius 3 is 2.37 bits per heavy atom. The molecule has 0 aliphatic carbocycles. The molecule has 0 rings (SSSR count). The molecule has 19 heavy (non-hydrogen) atoms. The number of halogens is 2. The number of carbonyl (C=O) groups excluding carboxylic acids is 1. The molecule has 0 N–H and O–H groups in total. The maximum absolute atomic E-state index is 13.7. The highest BCUT2D eigenvalue weighted by Crippen LogP contribution is 2.22. The van der Waals surface area contributed by atoms with Crippen LogP contribution >= 0.6 is 11.6 Å². The maximum Gasteiger partial charge on any atom is 0.306 e. The van der Waals surface area contributed by atoms with Crippen LogP contribution in [0.5, 0.6) is 0 Å². The summed E-state index contributed by atoms with van der Waals surface area (Å²) in [5.41, 5.74) is 0.626. The molecule has 2 nitrogen and oxygen atoms in total. The van der Waals surface area contributed by atoms with E-state index in [1.165, 1.54) is 12.2 Å². The molecule has 0 spiro atoms. The van der Waals surface area contributed by atoms with Crippen molar-refractivity contribution in [2.24, 2.45) is 0 Å². The molecule has 4 heteroatoms. The summed E-state index contributed by atoms with van der Waals surface area (Å²) in [6.45, 7) is 7.16. The Balaban J connectivity index is 5.11. The van der Waals surface area contributed by atoms with Crippen LogP contribution < -0.4 is 0 Å². The van der Waals surface area contributed by atoms with Gasteiger partial charge in [-0.25, -0.2) is 4.39 Å². The highest BCUT2D eigenvalue weighted by atomic mass is 35.5. The van der Waals surface area contributed by atoms with Gasteiger partial charge in [-0.1, -0.05) is 44.0 Å². The fourth-order valence-electron chi connectivity index (χ4n) is 1.51. The van der Waals surface area contributed by atoms with Gasteiger partial charge in [0.25, 0.3) is 0 Å². The third-order valence-corrected chi connectivity index (χ3v) is 2.99. The first-order chi connectivity index (χ1) is 8.99. The zero-order valence-corrected chi connectivity index (χ0v) is 12.8. The SMILES string of the molecule is C\C=C(Cl)/C(F)=C\C(=C/C)C(CCC)OC(=O)CC. The standard InChI is InChI=1S/C15H22ClFO2/c1-5-9-14(19-15(18)8-4)11(6-2)10-13(17)12(16)7-3/h6-7,10,14H,5,8-9H2,1-4H3/b11-6+,12-7+,13-10+. The molecule has 0 amide bonds. The van der Waals surface area contributed by atoms with E-state index in [-0.39, 0.29) is 11.0 Å². The Labute approximate surface area is 120 Å². The van der Waals surface area contributed by atoms with E-state index in [4.69, 9.17) is 16.3 Å². The molecule has 0 aromatic rings. The fourth-order valence-corrected chi connectivity index (χ4v) is 1.57. The van der Waals surface area contributed by atoms with Crippen molar-refractivity contribution in [1.82, 2.24) is 0 Å². The molecule has 0 aliphatic rings. The summed E-state index contributed by atoms with van der Waals surface area (Å²) in [7, 11) is 0. The first-order valence-corrected chi connectivity index (χ1v) is 6.92. The van der Waals surface area contributed by atoms with Gasteiger partial charge in [-0.05, 0) is 31.9 Å². The second kappa shape index (κ2) is 9.79. The number of esters is 1. The molecular formula is C15H22ClFO2. The van der Waals surface area contributed by atoms with Crippen molar-refractivity contribution in [3.8, 4) is 0 Å². The zero-order valence-electron chi connectivity index (χ0n) is 12.0. The van der Waals surface area contributed by atoms with Crippen molar-refractivity contribution < 1.29 is 13.9 Å². The van der Waals surface area contributed by atoms with Crippen LogP contribution in [0, 0.1) is 0 Å². The van der Waals surface area contributed by atoms with E-state index in [2.05, 4.69) is 0 Å². The van der Waals surface area contributed by atoms with Gasteiger partial charge >= 0.3 is 5.97 Å². The second-order valence-electron chi connectivity index (χ2n) is 4.04. The summed E-state index contributed by atoms with van der Waals surface area (Å²) in [5, 5.41) is 0.0522. The predicted molar refractivity (Wildman–Crippen MR) is 77.6 cm³/mol. The highest BCUT2D eigenvalue weighted by Gasteiger charge is 2.17. The van der Waals surface area contributed by atoms with Gasteiger partial charge in [0.05, 0.1) is 5.03 Å². The van der Waals surface area contributed by atoms with Crippen LogP contribution in [0.2, 0.25) is 0 Å². The number of ether oxygens (including phenoxy) is 1. The van der Waals surface area contributed by atoms with Crippen LogP contribution in [-0.2, 0) is 9.53 Å². The first kappa shape index (κ1) is 17.9. The Bertz CT molecular complexity index is 384. The fraction of sp³-hybridized carbons (Fsp3) is 0.533. The number of rotatable bonds is 7. The predicted octanol–water partition coefficient (Wildman–Crippen LogP) is 5.05. The van der Waals surface area contributed by atoms with Gasteiger partial charge in [-0.3, -0.25) is 4.79 Å². The van der Waals surface area contributed by atoms with Gasteiger partial charge in [-0.15, -0.1) is 0 Å². The van der Waals surface area contributed by atoms with Crippen LogP contribution in [0.1, 0.15) is 47.0 Å². The van der Waals surface area contributed by atoms with Gasteiger partial charge in [0.15, 0.2) is 0 Å². The topological polar surface area (TPSA) is 26.3 Å². The largest absolute Gasteiger partial charge is 0.457 e. The number of carbonyl (C=O) groups is 1. The second-order valence-corrected chi connectivity index (χ2v) is 4.45. The van der Waals surface area contributed by atoms with E-state index in [0.29, 0.717) is 18.4 Å². The third kappa shape index (κ3) is 6.58. The minimum absolute atomic E-state index is 0.0522. The van der Waals surface area contributed by atoms with Gasteiger partial charge in [0.2, 0.25) is 0 Å². The summed E-state index contributed by atoms with van der Waals surface area (Å²) in [6.07, 6.45) is 5.92. The van der Waals surface area contributed by atoms with Crippen molar-refractivity contribution in [2.75, 3.05) is 0 Å². The lowest BCUT2D eigenvalue weighted by Crippen LogP contribution is -2.19. The molecule has 0 fully saturated rings. The molecule has 1 atom stereocenters. The zero-order chi connectivity index (χ0) is 14.8. The molecule has 108 valence electrons. The van der Waals surface area contributed by atoms with Gasteiger partial charge in [0.1, 0.15) is 11.9 Å². The minimum Gasteiger partial charge on any atom is -0.457 e. The summed E-state index contributed by atoms with van der Waals surface area (Å²) in [6, 6.07) is 0. The van der Waals surface area contributed by atoms with Crippen LogP contribution in [0.25, 0.3) is 0 Å². The van der Waals surface area contributed by atoms with E-state index in [1.807, 2.05) is 6.92 Å².